The second kappa shape index (κ2) is 4.07. The first kappa shape index (κ1) is 11.5. The summed E-state index contributed by atoms with van der Waals surface area (Å²) in [7, 11) is 2.22. The van der Waals surface area contributed by atoms with E-state index in [2.05, 4.69) is 32.9 Å². The second-order valence-electron chi connectivity index (χ2n) is 6.43. The molecule has 0 amide bonds. The van der Waals surface area contributed by atoms with E-state index in [0.717, 1.165) is 36.4 Å². The molecule has 3 fully saturated rings. The molecule has 1 aromatic heterocycles. The van der Waals surface area contributed by atoms with Gasteiger partial charge in [0.25, 0.3) is 0 Å². The quantitative estimate of drug-likeness (QED) is 0.856. The maximum Gasteiger partial charge on any atom is 0.222 e. The lowest BCUT2D eigenvalue weighted by Gasteiger charge is -2.21. The van der Waals surface area contributed by atoms with Crippen LogP contribution in [-0.4, -0.2) is 48.1 Å². The minimum Gasteiger partial charge on any atom is -0.368 e. The Labute approximate surface area is 113 Å². The van der Waals surface area contributed by atoms with E-state index in [9.17, 15) is 0 Å². The molecule has 3 heterocycles. The van der Waals surface area contributed by atoms with Gasteiger partial charge in [0.05, 0.1) is 5.69 Å². The standard InChI is InChI=1S/C14H21N5/c1-18-5-10-7-19(8-11(10)6-18)13-4-12(9-2-3-9)16-14(15)17-13/h4,9-11H,2-3,5-8H2,1H3,(H2,15,16,17)/t10-,11+. The summed E-state index contributed by atoms with van der Waals surface area (Å²) in [4.78, 5) is 13.7. The van der Waals surface area contributed by atoms with Crippen LogP contribution in [0.2, 0.25) is 0 Å². The maximum absolute atomic E-state index is 5.87. The van der Waals surface area contributed by atoms with Crippen LogP contribution < -0.4 is 10.6 Å². The average Bonchev–Trinajstić information content (AvgIpc) is 3.05. The van der Waals surface area contributed by atoms with E-state index in [0.29, 0.717) is 11.9 Å². The number of hydrogen-bond acceptors (Lipinski definition) is 5. The van der Waals surface area contributed by atoms with Gasteiger partial charge in [0.15, 0.2) is 0 Å². The molecule has 0 spiro atoms. The molecule has 0 unspecified atom stereocenters. The molecular formula is C14H21N5. The molecular weight excluding hydrogens is 238 g/mol. The number of nitrogens with two attached hydrogens (primary N) is 1. The summed E-state index contributed by atoms with van der Waals surface area (Å²) < 4.78 is 0. The van der Waals surface area contributed by atoms with E-state index in [1.807, 2.05) is 0 Å². The van der Waals surface area contributed by atoms with E-state index < -0.39 is 0 Å². The van der Waals surface area contributed by atoms with Crippen LogP contribution in [0.4, 0.5) is 11.8 Å². The highest BCUT2D eigenvalue weighted by Gasteiger charge is 2.39. The maximum atomic E-state index is 5.87. The van der Waals surface area contributed by atoms with Crippen LogP contribution >= 0.6 is 0 Å². The monoisotopic (exact) mass is 259 g/mol. The smallest absolute Gasteiger partial charge is 0.222 e. The number of hydrogen-bond donors (Lipinski definition) is 1. The van der Waals surface area contributed by atoms with Crippen molar-refractivity contribution in [3.63, 3.8) is 0 Å². The molecule has 1 saturated carbocycles. The van der Waals surface area contributed by atoms with Gasteiger partial charge in [0, 0.05) is 38.2 Å². The molecule has 5 heteroatoms. The molecule has 0 aromatic carbocycles. The Morgan fingerprint density at radius 1 is 1.11 bits per heavy atom. The van der Waals surface area contributed by atoms with Crippen LogP contribution in [0.25, 0.3) is 0 Å². The highest BCUT2D eigenvalue weighted by atomic mass is 15.3. The number of aromatic nitrogens is 2. The number of nitrogen functional groups attached to an aromatic ring is 1. The number of rotatable bonds is 2. The van der Waals surface area contributed by atoms with Gasteiger partial charge in [0.1, 0.15) is 5.82 Å². The first-order chi connectivity index (χ1) is 9.19. The third-order valence-corrected chi connectivity index (χ3v) is 4.74. The normalized spacial score (nSPS) is 30.9. The van der Waals surface area contributed by atoms with Crippen molar-refractivity contribution in [1.82, 2.24) is 14.9 Å². The fourth-order valence-electron chi connectivity index (χ4n) is 3.64. The van der Waals surface area contributed by atoms with Crippen LogP contribution in [0.15, 0.2) is 6.07 Å². The largest absolute Gasteiger partial charge is 0.368 e. The van der Waals surface area contributed by atoms with E-state index in [1.165, 1.54) is 25.9 Å². The van der Waals surface area contributed by atoms with Gasteiger partial charge < -0.3 is 15.5 Å². The van der Waals surface area contributed by atoms with E-state index >= 15 is 0 Å². The Kier molecular flexibility index (Phi) is 2.45. The minimum atomic E-state index is 0.438. The Hall–Kier alpha value is -1.36. The highest BCUT2D eigenvalue weighted by Crippen LogP contribution is 2.41. The fourth-order valence-corrected chi connectivity index (χ4v) is 3.64. The predicted octanol–water partition coefficient (Wildman–Crippen LogP) is 0.934. The summed E-state index contributed by atoms with van der Waals surface area (Å²) in [6, 6.07) is 2.17. The van der Waals surface area contributed by atoms with Crippen molar-refractivity contribution in [3.05, 3.63) is 11.8 Å². The average molecular weight is 259 g/mol. The molecule has 2 saturated heterocycles. The molecule has 1 aliphatic carbocycles. The molecule has 2 aliphatic heterocycles. The molecule has 19 heavy (non-hydrogen) atoms. The number of fused-ring (bicyclic) bond motifs is 1. The molecule has 2 atom stereocenters. The summed E-state index contributed by atoms with van der Waals surface area (Å²) in [6.07, 6.45) is 2.51. The fraction of sp³-hybridized carbons (Fsp3) is 0.714. The zero-order chi connectivity index (χ0) is 13.0. The van der Waals surface area contributed by atoms with Gasteiger partial charge in [-0.1, -0.05) is 0 Å². The summed E-state index contributed by atoms with van der Waals surface area (Å²) >= 11 is 0. The van der Waals surface area contributed by atoms with Gasteiger partial charge in [-0.3, -0.25) is 0 Å². The highest BCUT2D eigenvalue weighted by molar-refractivity contribution is 5.46. The van der Waals surface area contributed by atoms with Crippen molar-refractivity contribution >= 4 is 11.8 Å². The molecule has 0 radical (unpaired) electrons. The lowest BCUT2D eigenvalue weighted by molar-refractivity contribution is 0.387. The van der Waals surface area contributed by atoms with Gasteiger partial charge >= 0.3 is 0 Å². The number of likely N-dealkylation sites (tertiary alicyclic amines) is 1. The molecule has 0 bridgehead atoms. The third kappa shape index (κ3) is 2.06. The third-order valence-electron chi connectivity index (χ3n) is 4.74. The van der Waals surface area contributed by atoms with Gasteiger partial charge in [-0.25, -0.2) is 4.98 Å². The molecule has 2 N–H and O–H groups in total. The van der Waals surface area contributed by atoms with Gasteiger partial charge in [-0.05, 0) is 31.7 Å². The van der Waals surface area contributed by atoms with E-state index in [-0.39, 0.29) is 0 Å². The zero-order valence-electron chi connectivity index (χ0n) is 11.4. The van der Waals surface area contributed by atoms with Crippen LogP contribution in [-0.2, 0) is 0 Å². The Balaban J connectivity index is 1.57. The van der Waals surface area contributed by atoms with Gasteiger partial charge in [-0.2, -0.15) is 4.98 Å². The zero-order valence-corrected chi connectivity index (χ0v) is 11.4. The van der Waals surface area contributed by atoms with E-state index in [1.54, 1.807) is 0 Å². The van der Waals surface area contributed by atoms with Crippen LogP contribution in [0.5, 0.6) is 0 Å². The molecule has 4 rings (SSSR count). The minimum absolute atomic E-state index is 0.438. The Morgan fingerprint density at radius 2 is 1.79 bits per heavy atom. The van der Waals surface area contributed by atoms with Crippen molar-refractivity contribution in [2.24, 2.45) is 11.8 Å². The summed E-state index contributed by atoms with van der Waals surface area (Å²) in [5, 5.41) is 0. The Morgan fingerprint density at radius 3 is 2.42 bits per heavy atom. The van der Waals surface area contributed by atoms with E-state index in [4.69, 9.17) is 5.73 Å². The summed E-state index contributed by atoms with van der Waals surface area (Å²) in [5.74, 6) is 3.72. The number of nitrogens with zero attached hydrogens (tertiary/aromatic N) is 4. The Bertz CT molecular complexity index is 485. The second-order valence-corrected chi connectivity index (χ2v) is 6.43. The SMILES string of the molecule is CN1C[C@@H]2CN(c3cc(C4CC4)nc(N)n3)C[C@@H]2C1. The number of anilines is 2. The van der Waals surface area contributed by atoms with Crippen molar-refractivity contribution in [3.8, 4) is 0 Å². The molecule has 1 aromatic rings. The lowest BCUT2D eigenvalue weighted by Crippen LogP contribution is -2.27. The topological polar surface area (TPSA) is 58.3 Å². The lowest BCUT2D eigenvalue weighted by atomic mass is 10.0. The van der Waals surface area contributed by atoms with Crippen molar-refractivity contribution in [2.45, 2.75) is 18.8 Å². The van der Waals surface area contributed by atoms with Crippen molar-refractivity contribution in [1.29, 1.82) is 0 Å². The van der Waals surface area contributed by atoms with Gasteiger partial charge in [-0.15, -0.1) is 0 Å². The first-order valence-electron chi connectivity index (χ1n) is 7.27. The molecule has 3 aliphatic rings. The summed E-state index contributed by atoms with van der Waals surface area (Å²) in [6.45, 7) is 4.68. The van der Waals surface area contributed by atoms with Crippen molar-refractivity contribution in [2.75, 3.05) is 43.9 Å². The predicted molar refractivity (Wildman–Crippen MR) is 75.1 cm³/mol. The van der Waals surface area contributed by atoms with Crippen molar-refractivity contribution < 1.29 is 0 Å². The van der Waals surface area contributed by atoms with Crippen LogP contribution in [0.3, 0.4) is 0 Å². The van der Waals surface area contributed by atoms with Crippen LogP contribution in [0, 0.1) is 11.8 Å². The summed E-state index contributed by atoms with van der Waals surface area (Å²) in [5.41, 5.74) is 7.02. The van der Waals surface area contributed by atoms with Gasteiger partial charge in [0.2, 0.25) is 5.95 Å². The first-order valence-corrected chi connectivity index (χ1v) is 7.27. The van der Waals surface area contributed by atoms with Crippen LogP contribution in [0.1, 0.15) is 24.5 Å². The molecule has 102 valence electrons. The molecule has 5 nitrogen and oxygen atoms in total.